The zero-order valence-electron chi connectivity index (χ0n) is 10.6. The highest BCUT2D eigenvalue weighted by Gasteiger charge is 2.17. The smallest absolute Gasteiger partial charge is 0.227 e. The van der Waals surface area contributed by atoms with Crippen molar-refractivity contribution in [3.63, 3.8) is 0 Å². The highest BCUT2D eigenvalue weighted by molar-refractivity contribution is 7.89. The fourth-order valence-electron chi connectivity index (χ4n) is 1.41. The summed E-state index contributed by atoms with van der Waals surface area (Å²) < 4.78 is 25.5. The Balaban J connectivity index is 2.27. The highest BCUT2D eigenvalue weighted by atomic mass is 32.2. The van der Waals surface area contributed by atoms with Crippen molar-refractivity contribution >= 4 is 21.4 Å². The summed E-state index contributed by atoms with van der Waals surface area (Å²) in [6.07, 6.45) is 0. The Bertz CT molecular complexity index is 705. The summed E-state index contributed by atoms with van der Waals surface area (Å²) in [4.78, 5) is 0.250. The summed E-state index contributed by atoms with van der Waals surface area (Å²) in [5.74, 6) is 2.82. The number of sulfonamides is 1. The van der Waals surface area contributed by atoms with Gasteiger partial charge in [-0.05, 0) is 36.4 Å². The molecule has 0 fully saturated rings. The predicted octanol–water partition coefficient (Wildman–Crippen LogP) is 2.69. The quantitative estimate of drug-likeness (QED) is 0.630. The van der Waals surface area contributed by atoms with Crippen LogP contribution in [0.15, 0.2) is 46.0 Å². The Morgan fingerprint density at radius 2 is 1.84 bits per heavy atom. The molecule has 0 saturated carbocycles. The molecule has 3 nitrogen and oxygen atoms in total. The van der Waals surface area contributed by atoms with Crippen molar-refractivity contribution in [1.82, 2.24) is 4.31 Å². The van der Waals surface area contributed by atoms with E-state index < -0.39 is 10.0 Å². The molecule has 19 heavy (non-hydrogen) atoms. The molecule has 0 aliphatic heterocycles. The number of thiophene rings is 1. The number of aryl methyl sites for hydroxylation is 1. The molecule has 0 unspecified atom stereocenters. The van der Waals surface area contributed by atoms with Crippen LogP contribution in [-0.2, 0) is 10.0 Å². The Labute approximate surface area is 117 Å². The first-order valence-electron chi connectivity index (χ1n) is 5.59. The summed E-state index contributed by atoms with van der Waals surface area (Å²) in [6.45, 7) is 1.91. The van der Waals surface area contributed by atoms with Gasteiger partial charge in [0.25, 0.3) is 10.0 Å². The summed E-state index contributed by atoms with van der Waals surface area (Å²) in [7, 11) is -2.09. The minimum absolute atomic E-state index is 0.250. The van der Waals surface area contributed by atoms with E-state index in [1.807, 2.05) is 23.8 Å². The van der Waals surface area contributed by atoms with E-state index in [1.54, 1.807) is 24.3 Å². The molecule has 0 spiro atoms. The zero-order chi connectivity index (χ0) is 13.9. The van der Waals surface area contributed by atoms with Crippen molar-refractivity contribution in [2.45, 2.75) is 11.8 Å². The van der Waals surface area contributed by atoms with Gasteiger partial charge in [0.2, 0.25) is 0 Å². The van der Waals surface area contributed by atoms with Crippen LogP contribution in [0.4, 0.5) is 0 Å². The molecule has 0 aliphatic carbocycles. The lowest BCUT2D eigenvalue weighted by Gasteiger charge is -2.12. The molecule has 0 amide bonds. The second-order valence-electron chi connectivity index (χ2n) is 4.03. The topological polar surface area (TPSA) is 37.4 Å². The van der Waals surface area contributed by atoms with Crippen LogP contribution in [0, 0.1) is 18.9 Å². The normalized spacial score (nSPS) is 10.6. The summed E-state index contributed by atoms with van der Waals surface area (Å²) in [6, 6.07) is 11.2. The van der Waals surface area contributed by atoms with Crippen LogP contribution in [-0.4, -0.2) is 19.8 Å². The van der Waals surface area contributed by atoms with Gasteiger partial charge in [-0.1, -0.05) is 17.7 Å². The van der Waals surface area contributed by atoms with E-state index in [9.17, 15) is 8.42 Å². The molecule has 1 heterocycles. The van der Waals surface area contributed by atoms with E-state index in [0.29, 0.717) is 0 Å². The van der Waals surface area contributed by atoms with Crippen molar-refractivity contribution in [3.8, 4) is 12.0 Å². The van der Waals surface area contributed by atoms with Gasteiger partial charge in [-0.15, -0.1) is 0 Å². The fourth-order valence-corrected chi connectivity index (χ4v) is 2.96. The van der Waals surface area contributed by atoms with Crippen LogP contribution in [0.3, 0.4) is 0 Å². The van der Waals surface area contributed by atoms with Crippen molar-refractivity contribution < 1.29 is 8.42 Å². The molecular weight excluding hydrogens is 278 g/mol. The highest BCUT2D eigenvalue weighted by Crippen LogP contribution is 2.14. The maximum Gasteiger partial charge on any atom is 0.270 e. The van der Waals surface area contributed by atoms with Crippen LogP contribution < -0.4 is 0 Å². The van der Waals surface area contributed by atoms with Gasteiger partial charge in [0.1, 0.15) is 0 Å². The number of hydrogen-bond acceptors (Lipinski definition) is 3. The molecule has 5 heteroatoms. The third kappa shape index (κ3) is 3.16. The molecule has 2 rings (SSSR count). The summed E-state index contributed by atoms with van der Waals surface area (Å²) in [5, 5.41) is 3.78. The lowest BCUT2D eigenvalue weighted by Crippen LogP contribution is -2.22. The van der Waals surface area contributed by atoms with Crippen molar-refractivity contribution in [1.29, 1.82) is 0 Å². The van der Waals surface area contributed by atoms with Crippen LogP contribution in [0.2, 0.25) is 0 Å². The third-order valence-corrected chi connectivity index (χ3v) is 4.92. The zero-order valence-corrected chi connectivity index (χ0v) is 12.3. The molecule has 0 radical (unpaired) electrons. The van der Waals surface area contributed by atoms with Crippen LogP contribution in [0.25, 0.3) is 0 Å². The van der Waals surface area contributed by atoms with Crippen molar-refractivity contribution in [3.05, 3.63) is 52.2 Å². The molecule has 0 bridgehead atoms. The largest absolute Gasteiger partial charge is 0.270 e. The second-order valence-corrected chi connectivity index (χ2v) is 6.78. The Morgan fingerprint density at radius 1 is 1.16 bits per heavy atom. The van der Waals surface area contributed by atoms with Crippen LogP contribution in [0.1, 0.15) is 11.1 Å². The first-order valence-corrected chi connectivity index (χ1v) is 7.98. The van der Waals surface area contributed by atoms with Gasteiger partial charge in [-0.3, -0.25) is 0 Å². The van der Waals surface area contributed by atoms with E-state index in [0.717, 1.165) is 15.4 Å². The van der Waals surface area contributed by atoms with Gasteiger partial charge >= 0.3 is 0 Å². The molecule has 98 valence electrons. The van der Waals surface area contributed by atoms with Gasteiger partial charge in [0, 0.05) is 24.0 Å². The van der Waals surface area contributed by atoms with Crippen LogP contribution in [0.5, 0.6) is 0 Å². The molecule has 0 N–H and O–H groups in total. The lowest BCUT2D eigenvalue weighted by atomic mass is 10.2. The van der Waals surface area contributed by atoms with Crippen LogP contribution >= 0.6 is 11.3 Å². The van der Waals surface area contributed by atoms with Crippen molar-refractivity contribution in [2.24, 2.45) is 0 Å². The monoisotopic (exact) mass is 291 g/mol. The molecule has 2 aromatic rings. The van der Waals surface area contributed by atoms with Gasteiger partial charge in [0.05, 0.1) is 4.90 Å². The van der Waals surface area contributed by atoms with Gasteiger partial charge in [-0.25, -0.2) is 12.7 Å². The van der Waals surface area contributed by atoms with E-state index in [-0.39, 0.29) is 4.90 Å². The third-order valence-electron chi connectivity index (χ3n) is 2.56. The van der Waals surface area contributed by atoms with E-state index in [2.05, 4.69) is 12.0 Å². The molecule has 0 saturated heterocycles. The summed E-state index contributed by atoms with van der Waals surface area (Å²) >= 11 is 1.53. The minimum Gasteiger partial charge on any atom is -0.227 e. The predicted molar refractivity (Wildman–Crippen MR) is 77.3 cm³/mol. The van der Waals surface area contributed by atoms with Gasteiger partial charge in [-0.2, -0.15) is 11.3 Å². The Kier molecular flexibility index (Phi) is 3.93. The van der Waals surface area contributed by atoms with Gasteiger partial charge in [0.15, 0.2) is 0 Å². The maximum absolute atomic E-state index is 12.2. The Morgan fingerprint density at radius 3 is 2.42 bits per heavy atom. The van der Waals surface area contributed by atoms with Gasteiger partial charge < -0.3 is 0 Å². The lowest BCUT2D eigenvalue weighted by molar-refractivity contribution is 0.547. The summed E-state index contributed by atoms with van der Waals surface area (Å²) in [5.41, 5.74) is 1.84. The molecule has 0 aliphatic rings. The van der Waals surface area contributed by atoms with E-state index >= 15 is 0 Å². The number of benzene rings is 1. The number of rotatable bonds is 2. The molecular formula is C14H13NO2S2. The number of nitrogens with zero attached hydrogens (tertiary/aromatic N) is 1. The first kappa shape index (κ1) is 13.7. The standard InChI is InChI=1S/C14H13NO2S2/c1-12-3-5-14(6-4-12)19(16,17)15(2)9-7-13-8-10-18-11-13/h3-6,8,10-11H,1-2H3. The first-order chi connectivity index (χ1) is 9.00. The van der Waals surface area contributed by atoms with E-state index in [4.69, 9.17) is 0 Å². The maximum atomic E-state index is 12.2. The average molecular weight is 291 g/mol. The minimum atomic E-state index is -3.55. The Hall–Kier alpha value is -1.77. The SMILES string of the molecule is Cc1ccc(S(=O)(=O)N(C)C#Cc2ccsc2)cc1. The molecule has 1 aromatic carbocycles. The molecule has 1 aromatic heterocycles. The van der Waals surface area contributed by atoms with Crippen molar-refractivity contribution in [2.75, 3.05) is 7.05 Å². The fraction of sp³-hybridized carbons (Fsp3) is 0.143. The number of hydrogen-bond donors (Lipinski definition) is 0. The average Bonchev–Trinajstić information content (AvgIpc) is 2.89. The second kappa shape index (κ2) is 5.47. The van der Waals surface area contributed by atoms with E-state index in [1.165, 1.54) is 18.4 Å². The molecule has 0 atom stereocenters.